The van der Waals surface area contributed by atoms with Gasteiger partial charge in [-0.25, -0.2) is 0 Å². The molecule has 0 saturated heterocycles. The number of hydrogen-bond acceptors (Lipinski definition) is 2. The first-order valence-electron chi connectivity index (χ1n) is 6.86. The number of rotatable bonds is 4. The van der Waals surface area contributed by atoms with Crippen LogP contribution in [0.5, 0.6) is 0 Å². The van der Waals surface area contributed by atoms with Crippen molar-refractivity contribution < 1.29 is 0 Å². The molecule has 1 aromatic rings. The second-order valence-corrected chi connectivity index (χ2v) is 5.67. The van der Waals surface area contributed by atoms with Crippen LogP contribution in [0.3, 0.4) is 0 Å². The average Bonchev–Trinajstić information content (AvgIpc) is 2.72. The molecule has 2 nitrogen and oxygen atoms in total. The van der Waals surface area contributed by atoms with E-state index in [0.29, 0.717) is 5.41 Å². The zero-order valence-corrected chi connectivity index (χ0v) is 10.5. The summed E-state index contributed by atoms with van der Waals surface area (Å²) >= 11 is 0. The van der Waals surface area contributed by atoms with E-state index < -0.39 is 0 Å². The number of hydrogen-bond donors (Lipinski definition) is 1. The van der Waals surface area contributed by atoms with Gasteiger partial charge in [-0.2, -0.15) is 0 Å². The largest absolute Gasteiger partial charge is 0.371 e. The van der Waals surface area contributed by atoms with Crippen LogP contribution in [0.4, 0.5) is 5.69 Å². The van der Waals surface area contributed by atoms with Gasteiger partial charge in [0.15, 0.2) is 0 Å². The Morgan fingerprint density at radius 2 is 2.06 bits per heavy atom. The summed E-state index contributed by atoms with van der Waals surface area (Å²) in [4.78, 5) is 2.55. The van der Waals surface area contributed by atoms with Gasteiger partial charge in [-0.1, -0.05) is 24.6 Å². The quantitative estimate of drug-likeness (QED) is 0.861. The fourth-order valence-electron chi connectivity index (χ4n) is 3.24. The average molecular weight is 230 g/mol. The summed E-state index contributed by atoms with van der Waals surface area (Å²) in [5, 5.41) is 0. The normalized spacial score (nSPS) is 21.1. The van der Waals surface area contributed by atoms with Gasteiger partial charge in [-0.15, -0.1) is 0 Å². The molecule has 2 N–H and O–H groups in total. The highest BCUT2D eigenvalue weighted by Crippen LogP contribution is 2.43. The molecule has 1 aliphatic heterocycles. The topological polar surface area (TPSA) is 29.3 Å². The van der Waals surface area contributed by atoms with Crippen molar-refractivity contribution in [3.05, 3.63) is 29.8 Å². The maximum absolute atomic E-state index is 5.93. The molecule has 1 saturated carbocycles. The van der Waals surface area contributed by atoms with E-state index in [1.165, 1.54) is 56.4 Å². The number of fused-ring (bicyclic) bond motifs is 1. The van der Waals surface area contributed by atoms with Crippen LogP contribution in [0, 0.1) is 5.41 Å². The van der Waals surface area contributed by atoms with Gasteiger partial charge in [0.05, 0.1) is 0 Å². The van der Waals surface area contributed by atoms with Crippen LogP contribution in [0.2, 0.25) is 0 Å². The summed E-state index contributed by atoms with van der Waals surface area (Å²) in [5.41, 5.74) is 9.39. The van der Waals surface area contributed by atoms with Gasteiger partial charge in [-0.05, 0) is 49.3 Å². The maximum Gasteiger partial charge on any atom is 0.0399 e. The van der Waals surface area contributed by atoms with E-state index in [9.17, 15) is 0 Å². The van der Waals surface area contributed by atoms with Gasteiger partial charge in [0.1, 0.15) is 0 Å². The number of anilines is 1. The van der Waals surface area contributed by atoms with Crippen LogP contribution in [0.1, 0.15) is 31.2 Å². The Morgan fingerprint density at radius 3 is 2.76 bits per heavy atom. The third kappa shape index (κ3) is 1.95. The number of para-hydroxylation sites is 1. The van der Waals surface area contributed by atoms with E-state index in [4.69, 9.17) is 5.73 Å². The van der Waals surface area contributed by atoms with E-state index in [-0.39, 0.29) is 0 Å². The van der Waals surface area contributed by atoms with Crippen LogP contribution in [0.15, 0.2) is 24.3 Å². The van der Waals surface area contributed by atoms with Crippen LogP contribution in [0.25, 0.3) is 0 Å². The van der Waals surface area contributed by atoms with Crippen molar-refractivity contribution >= 4 is 5.69 Å². The lowest BCUT2D eigenvalue weighted by Gasteiger charge is -2.42. The maximum atomic E-state index is 5.93. The number of nitrogens with two attached hydrogens (primary N) is 1. The summed E-state index contributed by atoms with van der Waals surface area (Å²) < 4.78 is 0. The molecule has 2 aliphatic rings. The molecule has 0 bridgehead atoms. The summed E-state index contributed by atoms with van der Waals surface area (Å²) in [6.07, 6.45) is 6.56. The summed E-state index contributed by atoms with van der Waals surface area (Å²) in [7, 11) is 0. The Hall–Kier alpha value is -1.02. The SMILES string of the molecule is NCC1(CCN2CCc3ccccc32)CCC1. The minimum absolute atomic E-state index is 0.484. The van der Waals surface area contributed by atoms with Crippen molar-refractivity contribution in [3.63, 3.8) is 0 Å². The lowest BCUT2D eigenvalue weighted by atomic mass is 9.66. The minimum atomic E-state index is 0.484. The molecule has 2 heteroatoms. The van der Waals surface area contributed by atoms with Crippen molar-refractivity contribution in [1.82, 2.24) is 0 Å². The van der Waals surface area contributed by atoms with Gasteiger partial charge in [0.2, 0.25) is 0 Å². The fourth-order valence-corrected chi connectivity index (χ4v) is 3.24. The third-order valence-corrected chi connectivity index (χ3v) is 4.74. The molecule has 1 aliphatic carbocycles. The van der Waals surface area contributed by atoms with Gasteiger partial charge in [0, 0.05) is 18.8 Å². The van der Waals surface area contributed by atoms with Crippen molar-refractivity contribution in [2.75, 3.05) is 24.5 Å². The van der Waals surface area contributed by atoms with Crippen molar-refractivity contribution in [2.24, 2.45) is 11.1 Å². The van der Waals surface area contributed by atoms with Crippen LogP contribution in [-0.4, -0.2) is 19.6 Å². The van der Waals surface area contributed by atoms with E-state index in [1.54, 1.807) is 0 Å². The molecule has 1 aromatic carbocycles. The highest BCUT2D eigenvalue weighted by Gasteiger charge is 2.35. The molecule has 0 aromatic heterocycles. The molecule has 0 amide bonds. The van der Waals surface area contributed by atoms with Crippen LogP contribution in [-0.2, 0) is 6.42 Å². The van der Waals surface area contributed by atoms with E-state index in [0.717, 1.165) is 6.54 Å². The van der Waals surface area contributed by atoms with Crippen LogP contribution < -0.4 is 10.6 Å². The smallest absolute Gasteiger partial charge is 0.0399 e. The Labute approximate surface area is 104 Å². The zero-order chi connectivity index (χ0) is 11.7. The lowest BCUT2D eigenvalue weighted by molar-refractivity contribution is 0.133. The van der Waals surface area contributed by atoms with Crippen molar-refractivity contribution in [2.45, 2.75) is 32.1 Å². The lowest BCUT2D eigenvalue weighted by Crippen LogP contribution is -2.40. The molecule has 1 heterocycles. The summed E-state index contributed by atoms with van der Waals surface area (Å²) in [5.74, 6) is 0. The molecular weight excluding hydrogens is 208 g/mol. The van der Waals surface area contributed by atoms with E-state index >= 15 is 0 Å². The molecule has 0 spiro atoms. The van der Waals surface area contributed by atoms with Gasteiger partial charge >= 0.3 is 0 Å². The van der Waals surface area contributed by atoms with Gasteiger partial charge in [-0.3, -0.25) is 0 Å². The second-order valence-electron chi connectivity index (χ2n) is 5.67. The molecule has 92 valence electrons. The van der Waals surface area contributed by atoms with Crippen LogP contribution >= 0.6 is 0 Å². The molecule has 3 rings (SSSR count). The fraction of sp³-hybridized carbons (Fsp3) is 0.600. The minimum Gasteiger partial charge on any atom is -0.371 e. The molecule has 17 heavy (non-hydrogen) atoms. The molecular formula is C15H22N2. The predicted molar refractivity (Wildman–Crippen MR) is 72.3 cm³/mol. The third-order valence-electron chi connectivity index (χ3n) is 4.74. The first-order chi connectivity index (χ1) is 8.33. The second kappa shape index (κ2) is 4.34. The zero-order valence-electron chi connectivity index (χ0n) is 10.5. The Morgan fingerprint density at radius 1 is 1.24 bits per heavy atom. The number of nitrogens with zero attached hydrogens (tertiary/aromatic N) is 1. The predicted octanol–water partition coefficient (Wildman–Crippen LogP) is 2.57. The van der Waals surface area contributed by atoms with E-state index in [2.05, 4.69) is 29.2 Å². The monoisotopic (exact) mass is 230 g/mol. The Bertz CT molecular complexity index is 390. The van der Waals surface area contributed by atoms with Gasteiger partial charge < -0.3 is 10.6 Å². The molecule has 0 atom stereocenters. The molecule has 0 unspecified atom stereocenters. The summed E-state index contributed by atoms with van der Waals surface area (Å²) in [6, 6.07) is 8.82. The van der Waals surface area contributed by atoms with Crippen molar-refractivity contribution in [1.29, 1.82) is 0 Å². The van der Waals surface area contributed by atoms with Crippen molar-refractivity contribution in [3.8, 4) is 0 Å². The number of benzene rings is 1. The molecule has 1 fully saturated rings. The van der Waals surface area contributed by atoms with Gasteiger partial charge in [0.25, 0.3) is 0 Å². The highest BCUT2D eigenvalue weighted by atomic mass is 15.1. The Kier molecular flexibility index (Phi) is 2.83. The first kappa shape index (κ1) is 11.1. The molecule has 0 radical (unpaired) electrons. The first-order valence-corrected chi connectivity index (χ1v) is 6.86. The Balaban J connectivity index is 1.64. The van der Waals surface area contributed by atoms with E-state index in [1.807, 2.05) is 0 Å². The standard InChI is InChI=1S/C15H22N2/c16-12-15(7-3-8-15)9-11-17-10-6-13-4-1-2-5-14(13)17/h1-2,4-5H,3,6-12,16H2. The summed E-state index contributed by atoms with van der Waals surface area (Å²) in [6.45, 7) is 3.26. The highest BCUT2D eigenvalue weighted by molar-refractivity contribution is 5.57.